The fraction of sp³-hybridized carbons (Fsp3) is 0.188. The molecule has 2 aromatic rings. The predicted octanol–water partition coefficient (Wildman–Crippen LogP) is 2.99. The molecule has 0 bridgehead atoms. The van der Waals surface area contributed by atoms with Crippen LogP contribution in [0.4, 0.5) is 0 Å². The Morgan fingerprint density at radius 2 is 1.75 bits per heavy atom. The summed E-state index contributed by atoms with van der Waals surface area (Å²) in [6, 6.07) is 13.3. The Balaban J connectivity index is 2.49. The molecule has 0 heterocycles. The lowest BCUT2D eigenvalue weighted by molar-refractivity contribution is 0.0689. The van der Waals surface area contributed by atoms with Crippen molar-refractivity contribution in [2.24, 2.45) is 0 Å². The van der Waals surface area contributed by atoms with Crippen molar-refractivity contribution in [3.63, 3.8) is 0 Å². The molecule has 1 N–H and O–H groups in total. The van der Waals surface area contributed by atoms with Crippen molar-refractivity contribution < 1.29 is 19.4 Å². The van der Waals surface area contributed by atoms with Gasteiger partial charge in [-0.15, -0.1) is 0 Å². The summed E-state index contributed by atoms with van der Waals surface area (Å²) >= 11 is 0. The van der Waals surface area contributed by atoms with Gasteiger partial charge < -0.3 is 14.6 Å². The standard InChI is InChI=1S/C16H16O4/c1-19-13-9-8-12(10-11-6-4-3-5-7-11)15(20-2)14(13)16(17)18/h3-9H,10H2,1-2H3,(H,17,18). The van der Waals surface area contributed by atoms with Crippen LogP contribution in [0, 0.1) is 0 Å². The minimum Gasteiger partial charge on any atom is -0.496 e. The molecule has 0 radical (unpaired) electrons. The summed E-state index contributed by atoms with van der Waals surface area (Å²) in [6.45, 7) is 0. The van der Waals surface area contributed by atoms with Gasteiger partial charge in [-0.2, -0.15) is 0 Å². The number of carboxylic acid groups (broad SMARTS) is 1. The summed E-state index contributed by atoms with van der Waals surface area (Å²) in [5.74, 6) is -0.416. The van der Waals surface area contributed by atoms with E-state index in [1.54, 1.807) is 6.07 Å². The lowest BCUT2D eigenvalue weighted by atomic mass is 10.0. The lowest BCUT2D eigenvalue weighted by Crippen LogP contribution is -2.06. The van der Waals surface area contributed by atoms with Crippen molar-refractivity contribution in [3.05, 3.63) is 59.2 Å². The zero-order valence-corrected chi connectivity index (χ0v) is 11.4. The van der Waals surface area contributed by atoms with E-state index in [4.69, 9.17) is 9.47 Å². The molecular formula is C16H16O4. The van der Waals surface area contributed by atoms with Gasteiger partial charge in [-0.3, -0.25) is 0 Å². The summed E-state index contributed by atoms with van der Waals surface area (Å²) < 4.78 is 10.4. The highest BCUT2D eigenvalue weighted by molar-refractivity contribution is 5.94. The lowest BCUT2D eigenvalue weighted by Gasteiger charge is -2.14. The Morgan fingerprint density at radius 3 is 2.30 bits per heavy atom. The number of hydrogen-bond donors (Lipinski definition) is 1. The summed E-state index contributed by atoms with van der Waals surface area (Å²) in [5.41, 5.74) is 1.97. The van der Waals surface area contributed by atoms with E-state index >= 15 is 0 Å². The predicted molar refractivity (Wildman–Crippen MR) is 75.8 cm³/mol. The number of ether oxygens (including phenoxy) is 2. The fourth-order valence-corrected chi connectivity index (χ4v) is 2.17. The number of methoxy groups -OCH3 is 2. The molecule has 0 atom stereocenters. The second-order valence-electron chi connectivity index (χ2n) is 4.30. The van der Waals surface area contributed by atoms with Crippen LogP contribution in [0.2, 0.25) is 0 Å². The molecule has 0 aromatic heterocycles. The maximum Gasteiger partial charge on any atom is 0.343 e. The van der Waals surface area contributed by atoms with Gasteiger partial charge in [0.15, 0.2) is 0 Å². The summed E-state index contributed by atoms with van der Waals surface area (Å²) in [4.78, 5) is 11.4. The Labute approximate surface area is 117 Å². The average Bonchev–Trinajstić information content (AvgIpc) is 2.47. The van der Waals surface area contributed by atoms with Gasteiger partial charge in [-0.05, 0) is 17.2 Å². The first-order chi connectivity index (χ1) is 9.67. The average molecular weight is 272 g/mol. The summed E-state index contributed by atoms with van der Waals surface area (Å²) in [7, 11) is 2.91. The van der Waals surface area contributed by atoms with E-state index in [2.05, 4.69) is 0 Å². The van der Waals surface area contributed by atoms with Crippen molar-refractivity contribution in [1.29, 1.82) is 0 Å². The molecule has 0 amide bonds. The number of carbonyl (C=O) groups is 1. The topological polar surface area (TPSA) is 55.8 Å². The monoisotopic (exact) mass is 272 g/mol. The van der Waals surface area contributed by atoms with Gasteiger partial charge in [-0.25, -0.2) is 4.79 Å². The largest absolute Gasteiger partial charge is 0.496 e. The molecule has 2 aromatic carbocycles. The van der Waals surface area contributed by atoms with Crippen LogP contribution in [-0.2, 0) is 6.42 Å². The smallest absolute Gasteiger partial charge is 0.343 e. The minimum absolute atomic E-state index is 0.0587. The third kappa shape index (κ3) is 2.74. The van der Waals surface area contributed by atoms with Gasteiger partial charge in [0.2, 0.25) is 0 Å². The maximum absolute atomic E-state index is 11.4. The van der Waals surface area contributed by atoms with Crippen LogP contribution in [0.5, 0.6) is 11.5 Å². The third-order valence-corrected chi connectivity index (χ3v) is 3.08. The van der Waals surface area contributed by atoms with Crippen molar-refractivity contribution in [3.8, 4) is 11.5 Å². The van der Waals surface area contributed by atoms with Crippen molar-refractivity contribution in [2.75, 3.05) is 14.2 Å². The van der Waals surface area contributed by atoms with Crippen LogP contribution in [0.15, 0.2) is 42.5 Å². The molecular weight excluding hydrogens is 256 g/mol. The van der Waals surface area contributed by atoms with E-state index in [-0.39, 0.29) is 5.56 Å². The second-order valence-corrected chi connectivity index (χ2v) is 4.30. The van der Waals surface area contributed by atoms with Crippen molar-refractivity contribution in [2.45, 2.75) is 6.42 Å². The Morgan fingerprint density at radius 1 is 1.05 bits per heavy atom. The fourth-order valence-electron chi connectivity index (χ4n) is 2.17. The van der Waals surface area contributed by atoms with E-state index in [0.29, 0.717) is 17.9 Å². The van der Waals surface area contributed by atoms with Crippen molar-refractivity contribution in [1.82, 2.24) is 0 Å². The molecule has 2 rings (SSSR count). The van der Waals surface area contributed by atoms with Crippen LogP contribution in [-0.4, -0.2) is 25.3 Å². The number of aromatic carboxylic acids is 1. The van der Waals surface area contributed by atoms with E-state index < -0.39 is 5.97 Å². The zero-order chi connectivity index (χ0) is 14.5. The normalized spacial score (nSPS) is 10.1. The van der Waals surface area contributed by atoms with Crippen LogP contribution in [0.25, 0.3) is 0 Å². The molecule has 0 saturated heterocycles. The minimum atomic E-state index is -1.06. The molecule has 4 heteroatoms. The maximum atomic E-state index is 11.4. The van der Waals surface area contributed by atoms with Crippen molar-refractivity contribution >= 4 is 5.97 Å². The second kappa shape index (κ2) is 6.10. The quantitative estimate of drug-likeness (QED) is 0.909. The zero-order valence-electron chi connectivity index (χ0n) is 11.4. The van der Waals surface area contributed by atoms with Gasteiger partial charge >= 0.3 is 5.97 Å². The van der Waals surface area contributed by atoms with Gasteiger partial charge in [0.1, 0.15) is 17.1 Å². The van der Waals surface area contributed by atoms with Gasteiger partial charge in [-0.1, -0.05) is 36.4 Å². The molecule has 0 unspecified atom stereocenters. The van der Waals surface area contributed by atoms with Crippen LogP contribution < -0.4 is 9.47 Å². The molecule has 20 heavy (non-hydrogen) atoms. The number of hydrogen-bond acceptors (Lipinski definition) is 3. The Hall–Kier alpha value is -2.49. The summed E-state index contributed by atoms with van der Waals surface area (Å²) in [6.07, 6.45) is 0.605. The van der Waals surface area contributed by atoms with Crippen LogP contribution in [0.3, 0.4) is 0 Å². The number of carboxylic acids is 1. The molecule has 0 spiro atoms. The highest BCUT2D eigenvalue weighted by atomic mass is 16.5. The third-order valence-electron chi connectivity index (χ3n) is 3.08. The first-order valence-electron chi connectivity index (χ1n) is 6.18. The van der Waals surface area contributed by atoms with Gasteiger partial charge in [0.05, 0.1) is 14.2 Å². The molecule has 0 aliphatic heterocycles. The first kappa shape index (κ1) is 13.9. The van der Waals surface area contributed by atoms with Gasteiger partial charge in [0, 0.05) is 6.42 Å². The Bertz CT molecular complexity index is 605. The van der Waals surface area contributed by atoms with E-state index in [0.717, 1.165) is 11.1 Å². The SMILES string of the molecule is COc1ccc(Cc2ccccc2)c(OC)c1C(=O)O. The number of rotatable bonds is 5. The number of benzene rings is 2. The van der Waals surface area contributed by atoms with Crippen LogP contribution in [0.1, 0.15) is 21.5 Å². The highest BCUT2D eigenvalue weighted by Gasteiger charge is 2.20. The van der Waals surface area contributed by atoms with Gasteiger partial charge in [0.25, 0.3) is 0 Å². The highest BCUT2D eigenvalue weighted by Crippen LogP contribution is 2.33. The Kier molecular flexibility index (Phi) is 4.25. The molecule has 0 aliphatic carbocycles. The molecule has 0 fully saturated rings. The van der Waals surface area contributed by atoms with E-state index in [9.17, 15) is 9.90 Å². The molecule has 4 nitrogen and oxygen atoms in total. The molecule has 0 saturated carbocycles. The first-order valence-corrected chi connectivity index (χ1v) is 6.18. The molecule has 104 valence electrons. The summed E-state index contributed by atoms with van der Waals surface area (Å²) in [5, 5.41) is 9.34. The van der Waals surface area contributed by atoms with Crippen LogP contribution >= 0.6 is 0 Å². The molecule has 0 aliphatic rings. The van der Waals surface area contributed by atoms with E-state index in [1.165, 1.54) is 14.2 Å². The van der Waals surface area contributed by atoms with E-state index in [1.807, 2.05) is 36.4 Å².